The smallest absolute Gasteiger partial charge is 0.224 e. The van der Waals surface area contributed by atoms with Crippen molar-refractivity contribution in [3.05, 3.63) is 12.0 Å². The van der Waals surface area contributed by atoms with Crippen molar-refractivity contribution in [1.29, 1.82) is 0 Å². The van der Waals surface area contributed by atoms with Gasteiger partial charge in [-0.25, -0.2) is 9.37 Å². The maximum Gasteiger partial charge on any atom is 0.224 e. The number of hydrogen-bond acceptors (Lipinski definition) is 4. The molecular formula is C14H25FN4. The lowest BCUT2D eigenvalue weighted by Crippen LogP contribution is -2.35. The molecule has 1 aromatic heterocycles. The van der Waals surface area contributed by atoms with E-state index in [1.165, 1.54) is 6.20 Å². The summed E-state index contributed by atoms with van der Waals surface area (Å²) in [5, 5.41) is 3.03. The first-order valence-corrected chi connectivity index (χ1v) is 7.17. The van der Waals surface area contributed by atoms with Crippen LogP contribution in [0.25, 0.3) is 0 Å². The van der Waals surface area contributed by atoms with Gasteiger partial charge in [0.15, 0.2) is 11.6 Å². The topological polar surface area (TPSA) is 41.1 Å². The number of anilines is 2. The number of hydrogen-bond donors (Lipinski definition) is 1. The van der Waals surface area contributed by atoms with Gasteiger partial charge in [-0.2, -0.15) is 4.98 Å². The van der Waals surface area contributed by atoms with Crippen molar-refractivity contribution in [2.45, 2.75) is 53.0 Å². The standard InChI is InChI=1S/C14H25FN4/c1-5-8-9-19(11(4)6-2)13-12(15)10-17-14(18-13)16-7-3/h10-11H,5-9H2,1-4H3,(H,16,17,18). The molecular weight excluding hydrogens is 243 g/mol. The fourth-order valence-electron chi connectivity index (χ4n) is 1.89. The molecule has 0 aromatic carbocycles. The maximum absolute atomic E-state index is 14.0. The molecule has 1 aromatic rings. The van der Waals surface area contributed by atoms with Crippen LogP contribution >= 0.6 is 0 Å². The molecule has 0 fully saturated rings. The molecule has 0 bridgehead atoms. The fraction of sp³-hybridized carbons (Fsp3) is 0.714. The minimum atomic E-state index is -0.349. The Morgan fingerprint density at radius 3 is 2.68 bits per heavy atom. The van der Waals surface area contributed by atoms with Crippen molar-refractivity contribution >= 4 is 11.8 Å². The minimum absolute atomic E-state index is 0.269. The summed E-state index contributed by atoms with van der Waals surface area (Å²) >= 11 is 0. The van der Waals surface area contributed by atoms with Crippen molar-refractivity contribution < 1.29 is 4.39 Å². The van der Waals surface area contributed by atoms with Crippen LogP contribution in [0.1, 0.15) is 47.0 Å². The summed E-state index contributed by atoms with van der Waals surface area (Å²) < 4.78 is 14.0. The largest absolute Gasteiger partial charge is 0.354 e. The SMILES string of the molecule is CCCCN(c1nc(NCC)ncc1F)C(C)CC. The molecule has 0 saturated heterocycles. The van der Waals surface area contributed by atoms with E-state index in [2.05, 4.69) is 36.1 Å². The van der Waals surface area contributed by atoms with E-state index in [0.29, 0.717) is 11.8 Å². The molecule has 0 aliphatic carbocycles. The van der Waals surface area contributed by atoms with E-state index in [-0.39, 0.29) is 11.9 Å². The molecule has 108 valence electrons. The molecule has 1 rings (SSSR count). The first kappa shape index (κ1) is 15.7. The van der Waals surface area contributed by atoms with E-state index in [9.17, 15) is 4.39 Å². The van der Waals surface area contributed by atoms with Crippen molar-refractivity contribution in [2.24, 2.45) is 0 Å². The predicted octanol–water partition coefficient (Wildman–Crippen LogP) is 3.45. The Balaban J connectivity index is 3.01. The van der Waals surface area contributed by atoms with E-state index in [0.717, 1.165) is 32.4 Å². The average Bonchev–Trinajstić information content (AvgIpc) is 2.42. The van der Waals surface area contributed by atoms with Crippen molar-refractivity contribution in [3.8, 4) is 0 Å². The molecule has 1 unspecified atom stereocenters. The third kappa shape index (κ3) is 4.33. The molecule has 1 N–H and O–H groups in total. The van der Waals surface area contributed by atoms with Crippen LogP contribution in [0, 0.1) is 5.82 Å². The highest BCUT2D eigenvalue weighted by Gasteiger charge is 2.18. The molecule has 0 amide bonds. The second-order valence-electron chi connectivity index (χ2n) is 4.70. The molecule has 0 radical (unpaired) electrons. The normalized spacial score (nSPS) is 12.3. The predicted molar refractivity (Wildman–Crippen MR) is 78.2 cm³/mol. The summed E-state index contributed by atoms with van der Waals surface area (Å²) in [4.78, 5) is 10.3. The Labute approximate surface area is 115 Å². The van der Waals surface area contributed by atoms with Crippen LogP contribution in [0.3, 0.4) is 0 Å². The van der Waals surface area contributed by atoms with Crippen molar-refractivity contribution in [3.63, 3.8) is 0 Å². The van der Waals surface area contributed by atoms with Crippen LogP contribution in [0.2, 0.25) is 0 Å². The Morgan fingerprint density at radius 1 is 1.37 bits per heavy atom. The quantitative estimate of drug-likeness (QED) is 0.784. The number of rotatable bonds is 8. The summed E-state index contributed by atoms with van der Waals surface area (Å²) in [6, 6.07) is 0.269. The van der Waals surface area contributed by atoms with Crippen LogP contribution in [0.15, 0.2) is 6.20 Å². The maximum atomic E-state index is 14.0. The molecule has 1 atom stereocenters. The average molecular weight is 268 g/mol. The third-order valence-corrected chi connectivity index (χ3v) is 3.21. The second kappa shape index (κ2) is 7.92. The van der Waals surface area contributed by atoms with Crippen molar-refractivity contribution in [2.75, 3.05) is 23.3 Å². The van der Waals surface area contributed by atoms with Crippen LogP contribution in [-0.4, -0.2) is 29.1 Å². The molecule has 1 heterocycles. The van der Waals surface area contributed by atoms with Gasteiger partial charge in [-0.1, -0.05) is 20.3 Å². The lowest BCUT2D eigenvalue weighted by atomic mass is 10.2. The first-order valence-electron chi connectivity index (χ1n) is 7.17. The summed E-state index contributed by atoms with van der Waals surface area (Å²) in [7, 11) is 0. The Morgan fingerprint density at radius 2 is 2.11 bits per heavy atom. The minimum Gasteiger partial charge on any atom is -0.354 e. The summed E-state index contributed by atoms with van der Waals surface area (Å²) in [5.41, 5.74) is 0. The van der Waals surface area contributed by atoms with Crippen LogP contribution in [0.4, 0.5) is 16.2 Å². The first-order chi connectivity index (χ1) is 9.13. The molecule has 5 heteroatoms. The highest BCUT2D eigenvalue weighted by molar-refractivity contribution is 5.44. The molecule has 0 saturated carbocycles. The summed E-state index contributed by atoms with van der Waals surface area (Å²) in [5.74, 6) is 0.551. The summed E-state index contributed by atoms with van der Waals surface area (Å²) in [6.07, 6.45) is 4.33. The number of nitrogens with zero attached hydrogens (tertiary/aromatic N) is 3. The van der Waals surface area contributed by atoms with Crippen LogP contribution < -0.4 is 10.2 Å². The Hall–Kier alpha value is -1.39. The number of aromatic nitrogens is 2. The van der Waals surface area contributed by atoms with E-state index in [1.807, 2.05) is 11.8 Å². The van der Waals surface area contributed by atoms with Gasteiger partial charge in [-0.15, -0.1) is 0 Å². The van der Waals surface area contributed by atoms with Gasteiger partial charge in [-0.05, 0) is 26.7 Å². The van der Waals surface area contributed by atoms with Crippen molar-refractivity contribution in [1.82, 2.24) is 9.97 Å². The van der Waals surface area contributed by atoms with E-state index >= 15 is 0 Å². The zero-order valence-corrected chi connectivity index (χ0v) is 12.4. The molecule has 19 heavy (non-hydrogen) atoms. The van der Waals surface area contributed by atoms with Crippen LogP contribution in [0.5, 0.6) is 0 Å². The summed E-state index contributed by atoms with van der Waals surface area (Å²) in [6.45, 7) is 9.86. The number of unbranched alkanes of at least 4 members (excludes halogenated alkanes) is 1. The van der Waals surface area contributed by atoms with Gasteiger partial charge in [0.25, 0.3) is 0 Å². The van der Waals surface area contributed by atoms with Gasteiger partial charge >= 0.3 is 0 Å². The number of halogens is 1. The fourth-order valence-corrected chi connectivity index (χ4v) is 1.89. The molecule has 4 nitrogen and oxygen atoms in total. The van der Waals surface area contributed by atoms with Gasteiger partial charge in [0.1, 0.15) is 0 Å². The lowest BCUT2D eigenvalue weighted by Gasteiger charge is -2.30. The van der Waals surface area contributed by atoms with Gasteiger partial charge in [-0.3, -0.25) is 0 Å². The number of nitrogens with one attached hydrogen (secondary N) is 1. The van der Waals surface area contributed by atoms with Gasteiger partial charge in [0.05, 0.1) is 6.20 Å². The zero-order valence-electron chi connectivity index (χ0n) is 12.4. The second-order valence-corrected chi connectivity index (χ2v) is 4.70. The van der Waals surface area contributed by atoms with E-state index < -0.39 is 0 Å². The van der Waals surface area contributed by atoms with E-state index in [4.69, 9.17) is 0 Å². The van der Waals surface area contributed by atoms with E-state index in [1.54, 1.807) is 0 Å². The molecule has 0 spiro atoms. The Bertz CT molecular complexity index is 384. The van der Waals surface area contributed by atoms with Crippen LogP contribution in [-0.2, 0) is 0 Å². The van der Waals surface area contributed by atoms with Gasteiger partial charge < -0.3 is 10.2 Å². The van der Waals surface area contributed by atoms with Gasteiger partial charge in [0, 0.05) is 19.1 Å². The highest BCUT2D eigenvalue weighted by atomic mass is 19.1. The zero-order chi connectivity index (χ0) is 14.3. The third-order valence-electron chi connectivity index (χ3n) is 3.21. The monoisotopic (exact) mass is 268 g/mol. The van der Waals surface area contributed by atoms with Gasteiger partial charge in [0.2, 0.25) is 5.95 Å². The lowest BCUT2D eigenvalue weighted by molar-refractivity contribution is 0.552. The Kier molecular flexibility index (Phi) is 6.53. The molecule has 0 aliphatic rings. The highest BCUT2D eigenvalue weighted by Crippen LogP contribution is 2.21. The molecule has 0 aliphatic heterocycles.